The molecule has 0 amide bonds. The zero-order valence-electron chi connectivity index (χ0n) is 41.1. The van der Waals surface area contributed by atoms with Crippen molar-refractivity contribution in [3.63, 3.8) is 0 Å². The van der Waals surface area contributed by atoms with Gasteiger partial charge in [-0.15, -0.1) is 11.3 Å². The fourth-order valence-corrected chi connectivity index (χ4v) is 13.9. The Balaban J connectivity index is 1.08. The highest BCUT2D eigenvalue weighted by Crippen LogP contribution is 2.67. The molecule has 0 bridgehead atoms. The zero-order valence-corrected chi connectivity index (χ0v) is 38.9. The Kier molecular flexibility index (Phi) is 7.73. The standard InChI is InChI=1S/C64H47BN2S/c1-40-30-34-45(35-31-40)66-55-28-17-29-56-59(55)65(54-37-32-42(38-57(54)66)50-39-43(63(2,3)4)33-36-46(50)41-18-7-5-8-19-41)62-60(67(56)44-20-9-6-10-21-44)58-49-24-13-16-27-53(49)64(61(58)68-62)51-25-14-11-22-47(51)48-23-12-15-26-52(48)64/h5-39H,1-4H3/i1D3. The van der Waals surface area contributed by atoms with Crippen molar-refractivity contribution in [1.82, 2.24) is 0 Å². The minimum absolute atomic E-state index is 0.0664. The highest BCUT2D eigenvalue weighted by Gasteiger charge is 2.56. The van der Waals surface area contributed by atoms with Crippen LogP contribution in [0.5, 0.6) is 0 Å². The molecule has 10 aromatic rings. The molecule has 4 heteroatoms. The van der Waals surface area contributed by atoms with Gasteiger partial charge < -0.3 is 9.80 Å². The van der Waals surface area contributed by atoms with Crippen LogP contribution in [0.1, 0.15) is 57.6 Å². The Morgan fingerprint density at radius 1 is 0.485 bits per heavy atom. The fourth-order valence-electron chi connectivity index (χ4n) is 12.2. The lowest BCUT2D eigenvalue weighted by molar-refractivity contribution is 0.590. The largest absolute Gasteiger partial charge is 0.311 e. The molecule has 0 saturated heterocycles. The van der Waals surface area contributed by atoms with Gasteiger partial charge in [0.2, 0.25) is 0 Å². The monoisotopic (exact) mass is 889 g/mol. The summed E-state index contributed by atoms with van der Waals surface area (Å²) in [6.07, 6.45) is 0. The molecule has 2 aliphatic heterocycles. The van der Waals surface area contributed by atoms with Gasteiger partial charge in [0.05, 0.1) is 11.1 Å². The SMILES string of the molecule is [2H]C([2H])([2H])c1ccc(N2c3cc(-c4cc(C(C)(C)C)ccc4-c4ccccc4)ccc3B3c4sc5c(c4N(c4ccccc4)c4cccc2c43)-c2ccccc2C52c3ccccc3-c3ccccc32)cc1. The number of para-hydroxylation sites is 1. The van der Waals surface area contributed by atoms with Gasteiger partial charge in [0.15, 0.2) is 0 Å². The molecule has 9 aromatic carbocycles. The van der Waals surface area contributed by atoms with E-state index in [1.165, 1.54) is 87.5 Å². The summed E-state index contributed by atoms with van der Waals surface area (Å²) in [5.74, 6) is 0. The zero-order chi connectivity index (χ0) is 48.0. The van der Waals surface area contributed by atoms with Crippen LogP contribution in [-0.4, -0.2) is 6.71 Å². The van der Waals surface area contributed by atoms with Gasteiger partial charge in [0.1, 0.15) is 0 Å². The van der Waals surface area contributed by atoms with Crippen LogP contribution in [0.4, 0.5) is 34.1 Å². The Morgan fingerprint density at radius 3 is 1.76 bits per heavy atom. The topological polar surface area (TPSA) is 6.48 Å². The molecule has 0 N–H and O–H groups in total. The van der Waals surface area contributed by atoms with Crippen LogP contribution < -0.4 is 25.5 Å². The number of hydrogen-bond donors (Lipinski definition) is 0. The molecule has 68 heavy (non-hydrogen) atoms. The van der Waals surface area contributed by atoms with Gasteiger partial charge in [-0.05, 0) is 127 Å². The van der Waals surface area contributed by atoms with Crippen LogP contribution in [0.25, 0.3) is 44.5 Å². The molecule has 0 unspecified atom stereocenters. The van der Waals surface area contributed by atoms with E-state index in [4.69, 9.17) is 4.11 Å². The molecule has 14 rings (SSSR count). The van der Waals surface area contributed by atoms with Crippen LogP contribution in [0.2, 0.25) is 0 Å². The fraction of sp³-hybridized carbons (Fsp3) is 0.0938. The summed E-state index contributed by atoms with van der Waals surface area (Å²) < 4.78 is 26.2. The number of benzene rings is 9. The van der Waals surface area contributed by atoms with Crippen LogP contribution in [0.3, 0.4) is 0 Å². The third kappa shape index (κ3) is 5.35. The van der Waals surface area contributed by atoms with Gasteiger partial charge in [-0.2, -0.15) is 0 Å². The molecule has 322 valence electrons. The molecule has 2 aliphatic carbocycles. The number of hydrogen-bond acceptors (Lipinski definition) is 3. The van der Waals surface area contributed by atoms with E-state index in [1.807, 2.05) is 23.5 Å². The average molecular weight is 890 g/mol. The number of rotatable bonds is 4. The third-order valence-electron chi connectivity index (χ3n) is 15.1. The van der Waals surface area contributed by atoms with Gasteiger partial charge in [-0.25, -0.2) is 0 Å². The number of nitrogens with zero attached hydrogens (tertiary/aromatic N) is 2. The first kappa shape index (κ1) is 36.5. The van der Waals surface area contributed by atoms with Crippen molar-refractivity contribution in [3.05, 3.63) is 245 Å². The van der Waals surface area contributed by atoms with Gasteiger partial charge in [0.25, 0.3) is 6.71 Å². The summed E-state index contributed by atoms with van der Waals surface area (Å²) in [5, 5.41) is 0. The molecule has 1 aromatic heterocycles. The number of fused-ring (bicyclic) bond motifs is 15. The van der Waals surface area contributed by atoms with Crippen molar-refractivity contribution < 1.29 is 4.11 Å². The first-order valence-electron chi connectivity index (χ1n) is 25.2. The number of aryl methyl sites for hydroxylation is 1. The predicted octanol–water partition coefficient (Wildman–Crippen LogP) is 15.1. The maximum absolute atomic E-state index is 8.30. The Hall–Kier alpha value is -7.66. The number of anilines is 6. The van der Waals surface area contributed by atoms with Crippen LogP contribution >= 0.6 is 11.3 Å². The van der Waals surface area contributed by atoms with Crippen molar-refractivity contribution in [2.75, 3.05) is 9.80 Å². The van der Waals surface area contributed by atoms with E-state index in [0.717, 1.165) is 34.0 Å². The lowest BCUT2D eigenvalue weighted by atomic mass is 9.36. The summed E-state index contributed by atoms with van der Waals surface area (Å²) in [6, 6.07) is 77.4. The Labute approximate surface area is 407 Å². The molecule has 4 aliphatic rings. The summed E-state index contributed by atoms with van der Waals surface area (Å²) in [7, 11) is 0. The molecule has 0 atom stereocenters. The Bertz CT molecular complexity index is 3770. The van der Waals surface area contributed by atoms with Crippen LogP contribution in [-0.2, 0) is 10.8 Å². The molecular weight excluding hydrogens is 840 g/mol. The smallest absolute Gasteiger partial charge is 0.264 e. The normalized spacial score (nSPS) is 15.0. The van der Waals surface area contributed by atoms with E-state index in [2.05, 4.69) is 219 Å². The van der Waals surface area contributed by atoms with E-state index in [0.29, 0.717) is 5.56 Å². The van der Waals surface area contributed by atoms with E-state index in [1.54, 1.807) is 12.1 Å². The van der Waals surface area contributed by atoms with E-state index >= 15 is 0 Å². The van der Waals surface area contributed by atoms with Crippen molar-refractivity contribution in [2.24, 2.45) is 0 Å². The second-order valence-corrected chi connectivity index (χ2v) is 20.8. The molecule has 0 saturated carbocycles. The predicted molar refractivity (Wildman–Crippen MR) is 289 cm³/mol. The maximum atomic E-state index is 8.30. The van der Waals surface area contributed by atoms with Gasteiger partial charge in [-0.3, -0.25) is 0 Å². The second kappa shape index (κ2) is 14.4. The molecule has 0 fully saturated rings. The molecular formula is C64H47BN2S. The minimum atomic E-state index is -2.23. The van der Waals surface area contributed by atoms with Gasteiger partial charge >= 0.3 is 0 Å². The lowest BCUT2D eigenvalue weighted by Gasteiger charge is -2.43. The van der Waals surface area contributed by atoms with E-state index < -0.39 is 12.3 Å². The molecule has 0 radical (unpaired) electrons. The first-order valence-corrected chi connectivity index (χ1v) is 24.5. The summed E-state index contributed by atoms with van der Waals surface area (Å²) in [5.41, 5.74) is 23.9. The quantitative estimate of drug-likeness (QED) is 0.162. The van der Waals surface area contributed by atoms with Crippen LogP contribution in [0.15, 0.2) is 212 Å². The van der Waals surface area contributed by atoms with Crippen molar-refractivity contribution in [2.45, 2.75) is 38.5 Å². The Morgan fingerprint density at radius 2 is 1.09 bits per heavy atom. The molecule has 1 spiro atoms. The second-order valence-electron chi connectivity index (χ2n) is 19.8. The molecule has 2 nitrogen and oxygen atoms in total. The van der Waals surface area contributed by atoms with Gasteiger partial charge in [0, 0.05) is 47.8 Å². The highest BCUT2D eigenvalue weighted by molar-refractivity contribution is 7.30. The minimum Gasteiger partial charge on any atom is -0.311 e. The first-order chi connectivity index (χ1) is 34.5. The highest BCUT2D eigenvalue weighted by atomic mass is 32.1. The van der Waals surface area contributed by atoms with Crippen LogP contribution in [0, 0.1) is 6.85 Å². The van der Waals surface area contributed by atoms with Crippen molar-refractivity contribution >= 4 is 67.9 Å². The van der Waals surface area contributed by atoms with Crippen molar-refractivity contribution in [1.29, 1.82) is 0 Å². The number of thiophene rings is 1. The van der Waals surface area contributed by atoms with E-state index in [-0.39, 0.29) is 12.1 Å². The van der Waals surface area contributed by atoms with E-state index in [9.17, 15) is 0 Å². The summed E-state index contributed by atoms with van der Waals surface area (Å²) in [6.45, 7) is 4.51. The maximum Gasteiger partial charge on any atom is 0.264 e. The average Bonchev–Trinajstić information content (AvgIpc) is 4.03. The van der Waals surface area contributed by atoms with Crippen molar-refractivity contribution in [3.8, 4) is 44.5 Å². The lowest BCUT2D eigenvalue weighted by Crippen LogP contribution is -2.60. The van der Waals surface area contributed by atoms with Gasteiger partial charge in [-0.1, -0.05) is 196 Å². The molecule has 3 heterocycles. The third-order valence-corrected chi connectivity index (χ3v) is 16.5. The summed E-state index contributed by atoms with van der Waals surface area (Å²) in [4.78, 5) is 6.30. The summed E-state index contributed by atoms with van der Waals surface area (Å²) >= 11 is 1.99.